The molecular weight excluding hydrogens is 785 g/mol. The minimum Gasteiger partial charge on any atom is -0.399 e. The maximum atomic E-state index is 10.5. The maximum Gasteiger partial charge on any atom is 0.373 e. The highest BCUT2D eigenvalue weighted by Gasteiger charge is 2.05. The summed E-state index contributed by atoms with van der Waals surface area (Å²) in [6, 6.07) is 34.8. The van der Waals surface area contributed by atoms with Crippen LogP contribution in [0.4, 0.5) is 34.1 Å². The van der Waals surface area contributed by atoms with Gasteiger partial charge in [0.2, 0.25) is 0 Å². The van der Waals surface area contributed by atoms with Crippen LogP contribution in [-0.4, -0.2) is 43.5 Å². The lowest BCUT2D eigenvalue weighted by atomic mass is 10.1. The summed E-state index contributed by atoms with van der Waals surface area (Å²) in [6.45, 7) is 11.8. The van der Waals surface area contributed by atoms with Crippen molar-refractivity contribution in [3.05, 3.63) is 143 Å². The number of anilines is 4. The van der Waals surface area contributed by atoms with Gasteiger partial charge in [0.05, 0.1) is 11.4 Å². The van der Waals surface area contributed by atoms with E-state index in [4.69, 9.17) is 60.1 Å². The monoisotopic (exact) mass is 830 g/mol. The summed E-state index contributed by atoms with van der Waals surface area (Å²) in [6.07, 6.45) is 1.00. The van der Waals surface area contributed by atoms with Crippen LogP contribution in [0.25, 0.3) is 0 Å². The number of nitrogen functional groups attached to an aromatic ring is 3. The molecule has 0 fully saturated rings. The molecule has 8 N–H and O–H groups in total. The third kappa shape index (κ3) is 31.3. The van der Waals surface area contributed by atoms with Gasteiger partial charge in [-0.3, -0.25) is 4.55 Å². The van der Waals surface area contributed by atoms with Crippen LogP contribution in [0.15, 0.2) is 119 Å². The lowest BCUT2D eigenvalue weighted by Gasteiger charge is -2.08. The quantitative estimate of drug-likeness (QED) is 0.0700. The molecule has 0 aliphatic carbocycles. The summed E-state index contributed by atoms with van der Waals surface area (Å²) in [5.41, 5.74) is 28.2. The van der Waals surface area contributed by atoms with E-state index in [-0.39, 0.29) is 24.6 Å². The lowest BCUT2D eigenvalue weighted by Crippen LogP contribution is -2.13. The molecule has 0 atom stereocenters. The van der Waals surface area contributed by atoms with Gasteiger partial charge in [0.15, 0.2) is 0 Å². The predicted octanol–water partition coefficient (Wildman–Crippen LogP) is 6.68. The molecular formula is C41H46N6O11S. The average molecular weight is 831 g/mol. The van der Waals surface area contributed by atoms with Gasteiger partial charge in [0.1, 0.15) is 5.88 Å². The molecule has 0 radical (unpaired) electrons. The summed E-state index contributed by atoms with van der Waals surface area (Å²) in [5.74, 6) is -0.461. The van der Waals surface area contributed by atoms with Crippen LogP contribution >= 0.6 is 0 Å². The summed E-state index contributed by atoms with van der Waals surface area (Å²) in [5, 5.41) is 11.1. The Morgan fingerprint density at radius 2 is 0.949 bits per heavy atom. The largest absolute Gasteiger partial charge is 0.399 e. The molecule has 0 bridgehead atoms. The highest BCUT2D eigenvalue weighted by molar-refractivity contribution is 7.85. The van der Waals surface area contributed by atoms with E-state index in [9.17, 15) is 8.42 Å². The first-order chi connectivity index (χ1) is 27.8. The number of carbonyl (C=O) groups excluding carboxylic acids is 8. The van der Waals surface area contributed by atoms with Crippen molar-refractivity contribution in [2.45, 2.75) is 41.5 Å². The zero-order valence-electron chi connectivity index (χ0n) is 33.2. The van der Waals surface area contributed by atoms with Crippen molar-refractivity contribution in [2.75, 3.05) is 28.4 Å². The number of nitrogens with zero attached hydrogens (tertiary/aromatic N) is 2. The van der Waals surface area contributed by atoms with E-state index in [0.29, 0.717) is 0 Å². The van der Waals surface area contributed by atoms with E-state index in [1.165, 1.54) is 5.56 Å². The number of hydrogen-bond donors (Lipinski definition) is 5. The molecule has 312 valence electrons. The fourth-order valence-electron chi connectivity index (χ4n) is 3.85. The molecule has 5 rings (SSSR count). The fourth-order valence-corrected chi connectivity index (χ4v) is 4.18. The second kappa shape index (κ2) is 33.6. The van der Waals surface area contributed by atoms with Crippen LogP contribution in [0, 0.1) is 41.5 Å². The first-order valence-electron chi connectivity index (χ1n) is 16.5. The minimum absolute atomic E-state index is 0.250. The van der Waals surface area contributed by atoms with Crippen molar-refractivity contribution in [1.82, 2.24) is 0 Å². The second-order valence-electron chi connectivity index (χ2n) is 11.4. The second-order valence-corrected chi connectivity index (χ2v) is 12.8. The van der Waals surface area contributed by atoms with Gasteiger partial charge >= 0.3 is 24.6 Å². The van der Waals surface area contributed by atoms with Crippen molar-refractivity contribution >= 4 is 68.8 Å². The first-order valence-corrected chi connectivity index (χ1v) is 18.1. The molecule has 5 aromatic rings. The van der Waals surface area contributed by atoms with Crippen LogP contribution in [0.1, 0.15) is 33.4 Å². The van der Waals surface area contributed by atoms with Crippen molar-refractivity contribution in [2.24, 2.45) is 10.2 Å². The molecule has 0 aromatic heterocycles. The molecule has 0 aliphatic rings. The maximum absolute atomic E-state index is 10.5. The molecule has 5 aromatic carbocycles. The SMILES string of the molecule is Cc1cc(N=Nc2ccccc2)c(C)cc1N.Cc1ccc(C)c(N)c1.Cc1ccc(C)c(NCS(=O)(=O)O)c1.Nc1ccccc1.O=C=O.O=C=O.O=C=O.O=C=O. The average Bonchev–Trinajstić information content (AvgIpc) is 3.17. The fraction of sp³-hybridized carbons (Fsp3) is 0.171. The summed E-state index contributed by atoms with van der Waals surface area (Å²) < 4.78 is 29.5. The Balaban J connectivity index is -0.000000670. The summed E-state index contributed by atoms with van der Waals surface area (Å²) in [4.78, 5) is 65.0. The minimum atomic E-state index is -3.96. The number of para-hydroxylation sites is 1. The molecule has 18 heteroatoms. The molecule has 0 unspecified atom stereocenters. The zero-order chi connectivity index (χ0) is 45.8. The van der Waals surface area contributed by atoms with Crippen molar-refractivity contribution in [1.29, 1.82) is 0 Å². The van der Waals surface area contributed by atoms with Gasteiger partial charge in [-0.25, -0.2) is 0 Å². The van der Waals surface area contributed by atoms with Gasteiger partial charge in [-0.2, -0.15) is 57.0 Å². The van der Waals surface area contributed by atoms with Gasteiger partial charge in [0, 0.05) is 22.7 Å². The number of benzene rings is 5. The molecule has 0 saturated heterocycles. The van der Waals surface area contributed by atoms with Gasteiger partial charge < -0.3 is 22.5 Å². The van der Waals surface area contributed by atoms with Crippen LogP contribution in [0.3, 0.4) is 0 Å². The van der Waals surface area contributed by atoms with Gasteiger partial charge in [-0.05, 0) is 123 Å². The molecule has 0 heterocycles. The molecule has 17 nitrogen and oxygen atoms in total. The molecule has 0 amide bonds. The van der Waals surface area contributed by atoms with E-state index in [1.54, 1.807) is 0 Å². The van der Waals surface area contributed by atoms with Crippen LogP contribution in [-0.2, 0) is 48.5 Å². The molecule has 0 spiro atoms. The molecule has 0 aliphatic heterocycles. The summed E-state index contributed by atoms with van der Waals surface area (Å²) in [7, 11) is -3.96. The number of nitrogens with two attached hydrogens (primary N) is 3. The highest BCUT2D eigenvalue weighted by atomic mass is 32.2. The number of azo groups is 1. The zero-order valence-corrected chi connectivity index (χ0v) is 34.0. The normalized spacial score (nSPS) is 8.86. The Bertz CT molecular complexity index is 2200. The van der Waals surface area contributed by atoms with Gasteiger partial charge in [-0.1, -0.05) is 60.7 Å². The Labute approximate surface area is 342 Å². The molecule has 59 heavy (non-hydrogen) atoms. The third-order valence-corrected chi connectivity index (χ3v) is 7.20. The van der Waals surface area contributed by atoms with E-state index < -0.39 is 16.0 Å². The van der Waals surface area contributed by atoms with E-state index >= 15 is 0 Å². The first kappa shape index (κ1) is 55.7. The Morgan fingerprint density at radius 3 is 1.36 bits per heavy atom. The van der Waals surface area contributed by atoms with Crippen LogP contribution < -0.4 is 22.5 Å². The van der Waals surface area contributed by atoms with Crippen molar-refractivity contribution in [3.63, 3.8) is 0 Å². The van der Waals surface area contributed by atoms with E-state index in [1.807, 2.05) is 145 Å². The number of hydrogen-bond acceptors (Lipinski definition) is 16. The number of nitrogens with one attached hydrogen (secondary N) is 1. The van der Waals surface area contributed by atoms with Gasteiger partial charge in [0.25, 0.3) is 10.1 Å². The third-order valence-electron chi connectivity index (χ3n) is 6.69. The lowest BCUT2D eigenvalue weighted by molar-refractivity contribution is -0.193. The van der Waals surface area contributed by atoms with Gasteiger partial charge in [-0.15, -0.1) is 0 Å². The highest BCUT2D eigenvalue weighted by Crippen LogP contribution is 2.26. The Kier molecular flexibility index (Phi) is 31.7. The van der Waals surface area contributed by atoms with Crippen molar-refractivity contribution < 1.29 is 51.3 Å². The predicted molar refractivity (Wildman–Crippen MR) is 218 cm³/mol. The number of aryl methyl sites for hydroxylation is 6. The van der Waals surface area contributed by atoms with Crippen LogP contribution in [0.2, 0.25) is 0 Å². The van der Waals surface area contributed by atoms with Crippen molar-refractivity contribution in [3.8, 4) is 0 Å². The smallest absolute Gasteiger partial charge is 0.373 e. The number of rotatable bonds is 5. The summed E-state index contributed by atoms with van der Waals surface area (Å²) >= 11 is 0. The molecule has 0 saturated carbocycles. The standard InChI is InChI=1S/C14H15N3.C9H13NO3S.C8H11N.C6H7N.4CO2/c1-10-9-14(11(2)8-13(10)15)17-16-12-6-4-3-5-7-12;1-7-3-4-8(2)9(5-7)10-6-14(11,12)13;1-6-3-4-7(2)8(9)5-6;7-6-4-2-1-3-5-6;4*2-1-3/h3-9H,15H2,1-2H3;3-5,10H,6H2,1-2H3,(H,11,12,13);3-5H,9H2,1-2H3;1-5H,7H2;;;;. The Morgan fingerprint density at radius 1 is 0.525 bits per heavy atom. The van der Waals surface area contributed by atoms with E-state index in [0.717, 1.165) is 61.9 Å². The topological polar surface area (TPSA) is 306 Å². The van der Waals surface area contributed by atoms with Crippen LogP contribution in [0.5, 0.6) is 0 Å². The Hall–Kier alpha value is -7.67. The van der Waals surface area contributed by atoms with E-state index in [2.05, 4.69) is 21.6 Å².